The van der Waals surface area contributed by atoms with E-state index >= 15 is 0 Å². The number of fused-ring (bicyclic) bond motifs is 2. The normalized spacial score (nSPS) is 16.6. The van der Waals surface area contributed by atoms with Crippen molar-refractivity contribution in [3.05, 3.63) is 69.6 Å². The van der Waals surface area contributed by atoms with E-state index in [4.69, 9.17) is 5.14 Å². The number of anilines is 1. The van der Waals surface area contributed by atoms with Gasteiger partial charge in [0, 0.05) is 10.6 Å². The van der Waals surface area contributed by atoms with Crippen LogP contribution < -0.4 is 10.5 Å². The molecule has 8 heteroatoms. The molecule has 0 saturated heterocycles. The number of nitrogens with zero attached hydrogens (tertiary/aromatic N) is 1. The van der Waals surface area contributed by atoms with E-state index in [1.165, 1.54) is 22.3 Å². The summed E-state index contributed by atoms with van der Waals surface area (Å²) in [6.07, 6.45) is 6.04. The lowest BCUT2D eigenvalue weighted by Crippen LogP contribution is -2.18. The highest BCUT2D eigenvalue weighted by Gasteiger charge is 2.28. The summed E-state index contributed by atoms with van der Waals surface area (Å²) in [4.78, 5) is 13.6. The van der Waals surface area contributed by atoms with Crippen molar-refractivity contribution >= 4 is 33.0 Å². The Morgan fingerprint density at radius 1 is 1.06 bits per heavy atom. The fourth-order valence-electron chi connectivity index (χ4n) is 5.06. The van der Waals surface area contributed by atoms with Gasteiger partial charge in [0.25, 0.3) is 0 Å². The number of carbonyl (C=O) groups is 1. The maximum Gasteiger partial charge on any atom is 0.354 e. The number of hydrogen-bond acceptors (Lipinski definition) is 4. The molecular weight excluding hydrogens is 466 g/mol. The third-order valence-electron chi connectivity index (χ3n) is 6.56. The number of aliphatic hydroxyl groups is 1. The molecule has 1 heterocycles. The largest absolute Gasteiger partial charge is 0.385 e. The number of urea groups is 1. The van der Waals surface area contributed by atoms with E-state index in [9.17, 15) is 14.1 Å². The van der Waals surface area contributed by atoms with Crippen molar-refractivity contribution in [1.29, 1.82) is 0 Å². The molecule has 6 nitrogen and oxygen atoms in total. The van der Waals surface area contributed by atoms with E-state index in [1.807, 2.05) is 30.3 Å². The van der Waals surface area contributed by atoms with Gasteiger partial charge in [-0.25, -0.2) is 14.1 Å². The van der Waals surface area contributed by atoms with Gasteiger partial charge in [-0.2, -0.15) is 0 Å². The van der Waals surface area contributed by atoms with Crippen LogP contribution in [-0.4, -0.2) is 15.3 Å². The number of thiophene rings is 1. The van der Waals surface area contributed by atoms with Gasteiger partial charge in [0.2, 0.25) is 0 Å². The van der Waals surface area contributed by atoms with E-state index in [-0.39, 0.29) is 4.21 Å². The molecule has 0 fully saturated rings. The molecule has 0 spiro atoms. The van der Waals surface area contributed by atoms with Crippen molar-refractivity contribution < 1.29 is 14.1 Å². The van der Waals surface area contributed by atoms with E-state index in [1.54, 1.807) is 19.9 Å². The number of amides is 2. The lowest BCUT2D eigenvalue weighted by atomic mass is 9.99. The van der Waals surface area contributed by atoms with Crippen LogP contribution in [0.3, 0.4) is 0 Å². The van der Waals surface area contributed by atoms with Gasteiger partial charge in [-0.1, -0.05) is 36.4 Å². The van der Waals surface area contributed by atoms with Crippen LogP contribution in [0.5, 0.6) is 0 Å². The molecule has 34 heavy (non-hydrogen) atoms. The molecule has 178 valence electrons. The maximum absolute atomic E-state index is 13.5. The summed E-state index contributed by atoms with van der Waals surface area (Å²) in [5.41, 5.74) is 6.24. The second-order valence-corrected chi connectivity index (χ2v) is 12.6. The summed E-state index contributed by atoms with van der Waals surface area (Å²) < 4.78 is 17.7. The van der Waals surface area contributed by atoms with Gasteiger partial charge < -0.3 is 10.4 Å². The molecule has 5 rings (SSSR count). The summed E-state index contributed by atoms with van der Waals surface area (Å²) in [5, 5.41) is 19.8. The van der Waals surface area contributed by atoms with Gasteiger partial charge in [-0.15, -0.1) is 15.7 Å². The fraction of sp³-hybridized carbons (Fsp3) is 0.346. The highest BCUT2D eigenvalue weighted by molar-refractivity contribution is 7.93. The van der Waals surface area contributed by atoms with Crippen LogP contribution in [0.25, 0.3) is 11.1 Å². The number of carbonyl (C=O) groups excluding carboxylic acids is 1. The third kappa shape index (κ3) is 4.31. The van der Waals surface area contributed by atoms with Crippen molar-refractivity contribution in [2.75, 3.05) is 5.32 Å². The minimum Gasteiger partial charge on any atom is -0.385 e. The first-order valence-electron chi connectivity index (χ1n) is 11.6. The quantitative estimate of drug-likeness (QED) is 0.442. The molecule has 3 aromatic rings. The second kappa shape index (κ2) is 8.61. The summed E-state index contributed by atoms with van der Waals surface area (Å²) in [6.45, 7) is 3.35. The van der Waals surface area contributed by atoms with Crippen LogP contribution in [-0.2, 0) is 41.2 Å². The number of rotatable bonds is 4. The Morgan fingerprint density at radius 2 is 1.68 bits per heavy atom. The van der Waals surface area contributed by atoms with Crippen molar-refractivity contribution in [3.8, 4) is 11.1 Å². The average Bonchev–Trinajstić information content (AvgIpc) is 3.52. The first kappa shape index (κ1) is 23.2. The Balaban J connectivity index is 1.51. The average molecular weight is 496 g/mol. The Morgan fingerprint density at radius 3 is 2.26 bits per heavy atom. The molecule has 0 unspecified atom stereocenters. The van der Waals surface area contributed by atoms with E-state index in [2.05, 4.69) is 15.7 Å². The van der Waals surface area contributed by atoms with Gasteiger partial charge in [0.15, 0.2) is 9.92 Å². The van der Waals surface area contributed by atoms with Crippen LogP contribution >= 0.6 is 11.3 Å². The van der Waals surface area contributed by atoms with Crippen LogP contribution in [0.1, 0.15) is 53.8 Å². The molecule has 2 aliphatic rings. The van der Waals surface area contributed by atoms with Crippen LogP contribution in [0.2, 0.25) is 0 Å². The predicted molar refractivity (Wildman–Crippen MR) is 138 cm³/mol. The van der Waals surface area contributed by atoms with Crippen LogP contribution in [0.15, 0.2) is 51.0 Å². The Labute approximate surface area is 204 Å². The Hall–Kier alpha value is -2.52. The number of nitrogens with two attached hydrogens (primary N) is 1. The molecule has 2 aliphatic carbocycles. The molecule has 0 bridgehead atoms. The standard InChI is InChI=1S/C26H29N3O3S2/c1-26(2,31)24-21(16-8-4-3-5-9-16)15-22(33-24)34(27,32)29-25(30)28-23-19-12-6-10-17(19)14-18-11-7-13-20(18)23/h3-5,8-9,14-15,31H,6-7,10-13H2,1-2H3,(H3,27,28,29,30,32)/t34-/m0/s1. The van der Waals surface area contributed by atoms with E-state index in [0.717, 1.165) is 66.7 Å². The Kier molecular flexibility index (Phi) is 5.88. The first-order chi connectivity index (χ1) is 16.1. The molecule has 1 aromatic heterocycles. The summed E-state index contributed by atoms with van der Waals surface area (Å²) in [5.74, 6) is 0. The predicted octanol–water partition coefficient (Wildman–Crippen LogP) is 5.55. The second-order valence-electron chi connectivity index (χ2n) is 9.56. The third-order valence-corrected chi connectivity index (χ3v) is 9.90. The molecule has 0 radical (unpaired) electrons. The van der Waals surface area contributed by atoms with Gasteiger partial charge in [0.05, 0.1) is 5.60 Å². The summed E-state index contributed by atoms with van der Waals surface area (Å²) in [6, 6.07) is 12.8. The Bertz CT molecular complexity index is 1360. The molecule has 1 atom stereocenters. The fourth-order valence-corrected chi connectivity index (χ4v) is 7.49. The van der Waals surface area contributed by atoms with Gasteiger partial charge in [-0.3, -0.25) is 0 Å². The number of aryl methyl sites for hydroxylation is 2. The van der Waals surface area contributed by atoms with E-state index in [0.29, 0.717) is 4.88 Å². The lowest BCUT2D eigenvalue weighted by molar-refractivity contribution is 0.0831. The summed E-state index contributed by atoms with van der Waals surface area (Å²) in [7, 11) is -3.51. The minimum atomic E-state index is -3.51. The smallest absolute Gasteiger partial charge is 0.354 e. The number of nitrogens with one attached hydrogen (secondary N) is 1. The van der Waals surface area contributed by atoms with Crippen molar-refractivity contribution in [2.24, 2.45) is 9.50 Å². The van der Waals surface area contributed by atoms with Crippen molar-refractivity contribution in [2.45, 2.75) is 62.2 Å². The highest BCUT2D eigenvalue weighted by Crippen LogP contribution is 2.41. The van der Waals surface area contributed by atoms with Crippen molar-refractivity contribution in [1.82, 2.24) is 0 Å². The zero-order valence-electron chi connectivity index (χ0n) is 19.4. The first-order valence-corrected chi connectivity index (χ1v) is 14.0. The van der Waals surface area contributed by atoms with E-state index < -0.39 is 21.5 Å². The van der Waals surface area contributed by atoms with Gasteiger partial charge >= 0.3 is 6.03 Å². The molecule has 4 N–H and O–H groups in total. The molecule has 0 aliphatic heterocycles. The lowest BCUT2D eigenvalue weighted by Gasteiger charge is -2.17. The van der Waals surface area contributed by atoms with Gasteiger partial charge in [-0.05, 0) is 91.8 Å². The monoisotopic (exact) mass is 495 g/mol. The van der Waals surface area contributed by atoms with Crippen molar-refractivity contribution in [3.63, 3.8) is 0 Å². The zero-order chi connectivity index (χ0) is 24.1. The number of benzene rings is 2. The topological polar surface area (TPSA) is 105 Å². The molecule has 2 aromatic carbocycles. The molecule has 0 saturated carbocycles. The molecular formula is C26H29N3O3S2. The minimum absolute atomic E-state index is 0.266. The van der Waals surface area contributed by atoms with Crippen LogP contribution in [0.4, 0.5) is 10.5 Å². The highest BCUT2D eigenvalue weighted by atomic mass is 32.2. The van der Waals surface area contributed by atoms with Crippen LogP contribution in [0, 0.1) is 0 Å². The number of hydrogen-bond donors (Lipinski definition) is 3. The van der Waals surface area contributed by atoms with Gasteiger partial charge in [0.1, 0.15) is 4.21 Å². The maximum atomic E-state index is 13.5. The molecule has 2 amide bonds. The SMILES string of the molecule is CC(C)(O)c1sc([S@@](N)(=O)=NC(=O)Nc2c3c(cc4c2CCC4)CCC3)cc1-c1ccccc1. The summed E-state index contributed by atoms with van der Waals surface area (Å²) >= 11 is 1.13. The zero-order valence-corrected chi connectivity index (χ0v) is 21.0.